The van der Waals surface area contributed by atoms with Crippen LogP contribution in [0.3, 0.4) is 0 Å². The fraction of sp³-hybridized carbons (Fsp3) is 0.400. The van der Waals surface area contributed by atoms with Gasteiger partial charge in [0.15, 0.2) is 0 Å². The van der Waals surface area contributed by atoms with E-state index in [2.05, 4.69) is 29.6 Å². The first-order chi connectivity index (χ1) is 5.40. The van der Waals surface area contributed by atoms with Crippen molar-refractivity contribution in [2.45, 2.75) is 18.8 Å². The molecule has 0 amide bonds. The van der Waals surface area contributed by atoms with Crippen LogP contribution in [0.25, 0.3) is 0 Å². The lowest BCUT2D eigenvalue weighted by Gasteiger charge is -2.00. The molecule has 1 fully saturated rings. The molecule has 1 aliphatic carbocycles. The molecule has 2 rings (SSSR count). The second-order valence-electron chi connectivity index (χ2n) is 3.15. The summed E-state index contributed by atoms with van der Waals surface area (Å²) in [6.07, 6.45) is 2.78. The molecule has 0 saturated heterocycles. The van der Waals surface area contributed by atoms with E-state index in [0.717, 1.165) is 5.92 Å². The van der Waals surface area contributed by atoms with E-state index in [9.17, 15) is 0 Å². The Bertz CT molecular complexity index is 239. The Hall–Kier alpha value is -0.690. The molecule has 0 aliphatic heterocycles. The molecule has 0 bridgehead atoms. The van der Waals surface area contributed by atoms with Crippen LogP contribution in [0.5, 0.6) is 0 Å². The van der Waals surface area contributed by atoms with E-state index in [1.54, 1.807) is 0 Å². The van der Waals surface area contributed by atoms with Crippen molar-refractivity contribution in [3.63, 3.8) is 0 Å². The smallest absolute Gasteiger partial charge is 0.0337 e. The predicted molar refractivity (Wildman–Crippen MR) is 55.2 cm³/mol. The number of hydrogen-bond acceptors (Lipinski definition) is 1. The van der Waals surface area contributed by atoms with Gasteiger partial charge in [0.05, 0.1) is 0 Å². The van der Waals surface area contributed by atoms with Crippen molar-refractivity contribution in [3.05, 3.63) is 29.8 Å². The summed E-state index contributed by atoms with van der Waals surface area (Å²) in [4.78, 5) is 0. The first-order valence-corrected chi connectivity index (χ1v) is 4.18. The summed E-state index contributed by atoms with van der Waals surface area (Å²) in [6, 6.07) is 8.74. The van der Waals surface area contributed by atoms with Crippen molar-refractivity contribution in [1.82, 2.24) is 0 Å². The zero-order valence-corrected chi connectivity index (χ0v) is 8.03. The Kier molecular flexibility index (Phi) is 2.99. The largest absolute Gasteiger partial charge is 0.388 e. The minimum absolute atomic E-state index is 0. The molecular weight excluding hydrogens is 170 g/mol. The lowest BCUT2D eigenvalue weighted by molar-refractivity contribution is 1.13. The number of hydrogen-bond donors (Lipinski definition) is 1. The minimum Gasteiger partial charge on any atom is -0.388 e. The van der Waals surface area contributed by atoms with Crippen LogP contribution in [0.2, 0.25) is 0 Å². The average molecular weight is 184 g/mol. The topological polar surface area (TPSA) is 12.0 Å². The van der Waals surface area contributed by atoms with Gasteiger partial charge in [-0.1, -0.05) is 12.1 Å². The highest BCUT2D eigenvalue weighted by Gasteiger charge is 2.22. The van der Waals surface area contributed by atoms with Gasteiger partial charge in [0.2, 0.25) is 0 Å². The zero-order chi connectivity index (χ0) is 7.68. The molecule has 0 radical (unpaired) electrons. The molecule has 1 aromatic carbocycles. The van der Waals surface area contributed by atoms with E-state index < -0.39 is 0 Å². The van der Waals surface area contributed by atoms with Gasteiger partial charge in [-0.3, -0.25) is 0 Å². The lowest BCUT2D eigenvalue weighted by atomic mass is 10.1. The molecule has 0 atom stereocenters. The number of nitrogens with one attached hydrogen (secondary N) is 1. The van der Waals surface area contributed by atoms with E-state index in [1.165, 1.54) is 24.1 Å². The first kappa shape index (κ1) is 9.40. The van der Waals surface area contributed by atoms with Gasteiger partial charge in [-0.05, 0) is 36.5 Å². The Balaban J connectivity index is 0.000000720. The molecule has 1 aliphatic rings. The summed E-state index contributed by atoms with van der Waals surface area (Å²) in [6.45, 7) is 0. The number of benzene rings is 1. The molecule has 0 spiro atoms. The summed E-state index contributed by atoms with van der Waals surface area (Å²) in [5.41, 5.74) is 2.71. The third-order valence-electron chi connectivity index (χ3n) is 2.25. The standard InChI is InChI=1S/C10H13N.ClH/c1-11-10-6-4-9(5-7-10)8-2-3-8;/h4-8,11H,2-3H2,1H3;1H. The highest BCUT2D eigenvalue weighted by atomic mass is 35.5. The van der Waals surface area contributed by atoms with Gasteiger partial charge in [0, 0.05) is 12.7 Å². The van der Waals surface area contributed by atoms with Crippen molar-refractivity contribution in [2.24, 2.45) is 0 Å². The first-order valence-electron chi connectivity index (χ1n) is 4.18. The molecule has 0 heterocycles. The van der Waals surface area contributed by atoms with E-state index in [0.29, 0.717) is 0 Å². The van der Waals surface area contributed by atoms with Crippen molar-refractivity contribution < 1.29 is 0 Å². The number of anilines is 1. The molecule has 1 aromatic rings. The summed E-state index contributed by atoms with van der Waals surface area (Å²) in [5, 5.41) is 3.11. The molecule has 0 unspecified atom stereocenters. The maximum atomic E-state index is 3.11. The summed E-state index contributed by atoms with van der Waals surface area (Å²) >= 11 is 0. The summed E-state index contributed by atoms with van der Waals surface area (Å²) in [5.74, 6) is 0.876. The third kappa shape index (κ3) is 1.92. The summed E-state index contributed by atoms with van der Waals surface area (Å²) in [7, 11) is 1.95. The lowest BCUT2D eigenvalue weighted by Crippen LogP contribution is -1.87. The highest BCUT2D eigenvalue weighted by Crippen LogP contribution is 2.40. The Labute approximate surface area is 79.6 Å². The molecule has 2 heteroatoms. The second-order valence-corrected chi connectivity index (χ2v) is 3.15. The van der Waals surface area contributed by atoms with Crippen molar-refractivity contribution >= 4 is 18.1 Å². The fourth-order valence-corrected chi connectivity index (χ4v) is 1.34. The zero-order valence-electron chi connectivity index (χ0n) is 7.21. The van der Waals surface area contributed by atoms with E-state index in [-0.39, 0.29) is 12.4 Å². The Morgan fingerprint density at radius 3 is 2.17 bits per heavy atom. The number of halogens is 1. The van der Waals surface area contributed by atoms with E-state index in [1.807, 2.05) is 7.05 Å². The Morgan fingerprint density at radius 1 is 1.17 bits per heavy atom. The molecular formula is C10H14ClN. The van der Waals surface area contributed by atoms with Gasteiger partial charge in [0.1, 0.15) is 0 Å². The van der Waals surface area contributed by atoms with Gasteiger partial charge in [0.25, 0.3) is 0 Å². The Morgan fingerprint density at radius 2 is 1.75 bits per heavy atom. The normalized spacial score (nSPS) is 15.1. The van der Waals surface area contributed by atoms with E-state index in [4.69, 9.17) is 0 Å². The van der Waals surface area contributed by atoms with Crippen LogP contribution in [0, 0.1) is 0 Å². The minimum atomic E-state index is 0. The van der Waals surface area contributed by atoms with Gasteiger partial charge in [-0.2, -0.15) is 0 Å². The molecule has 1 saturated carbocycles. The highest BCUT2D eigenvalue weighted by molar-refractivity contribution is 5.85. The van der Waals surface area contributed by atoms with Crippen LogP contribution in [0.15, 0.2) is 24.3 Å². The molecule has 0 aromatic heterocycles. The van der Waals surface area contributed by atoms with Crippen LogP contribution < -0.4 is 5.32 Å². The quantitative estimate of drug-likeness (QED) is 0.744. The van der Waals surface area contributed by atoms with Gasteiger partial charge >= 0.3 is 0 Å². The molecule has 66 valence electrons. The van der Waals surface area contributed by atoms with E-state index >= 15 is 0 Å². The third-order valence-corrected chi connectivity index (χ3v) is 2.25. The fourth-order valence-electron chi connectivity index (χ4n) is 1.34. The monoisotopic (exact) mass is 183 g/mol. The maximum Gasteiger partial charge on any atom is 0.0337 e. The molecule has 1 N–H and O–H groups in total. The van der Waals surface area contributed by atoms with Crippen LogP contribution in [0.1, 0.15) is 24.3 Å². The van der Waals surface area contributed by atoms with Gasteiger partial charge < -0.3 is 5.32 Å². The summed E-state index contributed by atoms with van der Waals surface area (Å²) < 4.78 is 0. The number of rotatable bonds is 2. The maximum absolute atomic E-state index is 3.11. The van der Waals surface area contributed by atoms with Crippen LogP contribution in [-0.4, -0.2) is 7.05 Å². The van der Waals surface area contributed by atoms with Crippen LogP contribution in [-0.2, 0) is 0 Å². The predicted octanol–water partition coefficient (Wildman–Crippen LogP) is 3.03. The van der Waals surface area contributed by atoms with Crippen molar-refractivity contribution in [1.29, 1.82) is 0 Å². The van der Waals surface area contributed by atoms with Gasteiger partial charge in [-0.25, -0.2) is 0 Å². The second kappa shape index (κ2) is 3.81. The van der Waals surface area contributed by atoms with Crippen LogP contribution in [0.4, 0.5) is 5.69 Å². The van der Waals surface area contributed by atoms with Crippen molar-refractivity contribution in [3.8, 4) is 0 Å². The molecule has 1 nitrogen and oxygen atoms in total. The van der Waals surface area contributed by atoms with Crippen molar-refractivity contribution in [2.75, 3.05) is 12.4 Å². The van der Waals surface area contributed by atoms with Crippen LogP contribution >= 0.6 is 12.4 Å². The van der Waals surface area contributed by atoms with Gasteiger partial charge in [-0.15, -0.1) is 12.4 Å². The SMILES string of the molecule is CNc1ccc(C2CC2)cc1.Cl. The average Bonchev–Trinajstić information content (AvgIpc) is 2.87. The molecule has 12 heavy (non-hydrogen) atoms.